The third-order valence-corrected chi connectivity index (χ3v) is 2.43. The molecule has 2 rings (SSSR count). The fourth-order valence-electron chi connectivity index (χ4n) is 1.52. The Hall–Kier alpha value is -1.65. The second-order valence-corrected chi connectivity index (χ2v) is 3.76. The van der Waals surface area contributed by atoms with E-state index in [0.29, 0.717) is 17.7 Å². The van der Waals surface area contributed by atoms with Crippen LogP contribution in [0.4, 0.5) is 0 Å². The van der Waals surface area contributed by atoms with Crippen molar-refractivity contribution in [3.63, 3.8) is 0 Å². The first-order valence-corrected chi connectivity index (χ1v) is 5.57. The van der Waals surface area contributed by atoms with Crippen LogP contribution in [0.15, 0.2) is 30.3 Å². The number of hydrogen-bond donors (Lipinski definition) is 1. The minimum absolute atomic E-state index is 0.283. The third-order valence-electron chi connectivity index (χ3n) is 2.24. The highest BCUT2D eigenvalue weighted by Crippen LogP contribution is 2.20. The topological polar surface area (TPSA) is 51.2 Å². The number of aromatic nitrogens is 1. The molecule has 1 N–H and O–H groups in total. The highest BCUT2D eigenvalue weighted by molar-refractivity contribution is 6.30. The Kier molecular flexibility index (Phi) is 3.56. The molecule has 1 aromatic carbocycles. The number of hydroxylamine groups is 1. The van der Waals surface area contributed by atoms with Crippen LogP contribution in [0.25, 0.3) is 10.9 Å². The predicted molar refractivity (Wildman–Crippen MR) is 65.8 cm³/mol. The zero-order valence-electron chi connectivity index (χ0n) is 9.24. The molecule has 0 unspecified atom stereocenters. The van der Waals surface area contributed by atoms with Gasteiger partial charge in [-0.05, 0) is 19.1 Å². The molecule has 4 nitrogen and oxygen atoms in total. The number of benzene rings is 1. The lowest BCUT2D eigenvalue weighted by Crippen LogP contribution is -2.23. The minimum Gasteiger partial charge on any atom is -0.274 e. The molecule has 88 valence electrons. The molecule has 0 fully saturated rings. The number of rotatable bonds is 3. The maximum Gasteiger partial charge on any atom is 0.275 e. The Balaban J connectivity index is 2.48. The first-order chi connectivity index (χ1) is 8.22. The van der Waals surface area contributed by atoms with Crippen LogP contribution in [0.5, 0.6) is 0 Å². The lowest BCUT2D eigenvalue weighted by Gasteiger charge is -2.07. The average Bonchev–Trinajstić information content (AvgIpc) is 2.34. The van der Waals surface area contributed by atoms with Crippen molar-refractivity contribution in [3.05, 3.63) is 41.0 Å². The van der Waals surface area contributed by atoms with E-state index in [1.807, 2.05) is 18.2 Å². The Morgan fingerprint density at radius 1 is 1.47 bits per heavy atom. The lowest BCUT2D eigenvalue weighted by molar-refractivity contribution is 0.0366. The Morgan fingerprint density at radius 3 is 3.00 bits per heavy atom. The number of carbonyl (C=O) groups excluding carboxylic acids is 1. The standard InChI is InChI=1S/C12H11ClN2O2/c1-2-17-15-12(16)9-7-11(13)14-10-6-4-3-5-8(9)10/h3-7H,2H2,1H3,(H,15,16). The van der Waals surface area contributed by atoms with Crippen molar-refractivity contribution in [2.75, 3.05) is 6.61 Å². The number of halogens is 1. The largest absolute Gasteiger partial charge is 0.275 e. The average molecular weight is 251 g/mol. The van der Waals surface area contributed by atoms with Gasteiger partial charge in [0.15, 0.2) is 0 Å². The summed E-state index contributed by atoms with van der Waals surface area (Å²) in [5.74, 6) is -0.327. The van der Waals surface area contributed by atoms with Crippen LogP contribution in [0.2, 0.25) is 5.15 Å². The number of hydrogen-bond acceptors (Lipinski definition) is 3. The fraction of sp³-hybridized carbons (Fsp3) is 0.167. The molecule has 17 heavy (non-hydrogen) atoms. The van der Waals surface area contributed by atoms with Gasteiger partial charge in [0, 0.05) is 5.39 Å². The second kappa shape index (κ2) is 5.12. The summed E-state index contributed by atoms with van der Waals surface area (Å²) in [4.78, 5) is 20.9. The van der Waals surface area contributed by atoms with Gasteiger partial charge in [0.25, 0.3) is 5.91 Å². The van der Waals surface area contributed by atoms with Crippen molar-refractivity contribution >= 4 is 28.4 Å². The summed E-state index contributed by atoms with van der Waals surface area (Å²) in [5.41, 5.74) is 3.48. The molecule has 1 heterocycles. The summed E-state index contributed by atoms with van der Waals surface area (Å²) in [6, 6.07) is 8.84. The first kappa shape index (κ1) is 11.8. The predicted octanol–water partition coefficient (Wildman–Crippen LogP) is 2.57. The van der Waals surface area contributed by atoms with Crippen molar-refractivity contribution < 1.29 is 9.63 Å². The van der Waals surface area contributed by atoms with E-state index in [1.54, 1.807) is 13.0 Å². The molecule has 1 aromatic heterocycles. The summed E-state index contributed by atoms with van der Waals surface area (Å²) in [7, 11) is 0. The Labute approximate surface area is 104 Å². The summed E-state index contributed by atoms with van der Waals surface area (Å²) in [5, 5.41) is 1.03. The third kappa shape index (κ3) is 2.54. The van der Waals surface area contributed by atoms with Crippen molar-refractivity contribution in [2.45, 2.75) is 6.92 Å². The molecule has 0 aliphatic carbocycles. The molecule has 1 amide bonds. The van der Waals surface area contributed by atoms with Crippen molar-refractivity contribution in [3.8, 4) is 0 Å². The molecule has 2 aromatic rings. The van der Waals surface area contributed by atoms with Crippen LogP contribution in [0.3, 0.4) is 0 Å². The molecule has 0 spiro atoms. The smallest absolute Gasteiger partial charge is 0.274 e. The van der Waals surface area contributed by atoms with Gasteiger partial charge in [0.05, 0.1) is 17.7 Å². The van der Waals surface area contributed by atoms with Gasteiger partial charge in [-0.15, -0.1) is 0 Å². The zero-order chi connectivity index (χ0) is 12.3. The normalized spacial score (nSPS) is 10.5. The SMILES string of the molecule is CCONC(=O)c1cc(Cl)nc2ccccc12. The second-order valence-electron chi connectivity index (χ2n) is 3.37. The first-order valence-electron chi connectivity index (χ1n) is 5.19. The number of nitrogens with one attached hydrogen (secondary N) is 1. The summed E-state index contributed by atoms with van der Waals surface area (Å²) < 4.78 is 0. The molecule has 0 atom stereocenters. The molecule has 0 aliphatic rings. The number of nitrogens with zero attached hydrogens (tertiary/aromatic N) is 1. The van der Waals surface area contributed by atoms with Gasteiger partial charge >= 0.3 is 0 Å². The molecule has 0 saturated heterocycles. The van der Waals surface area contributed by atoms with Crippen LogP contribution in [0.1, 0.15) is 17.3 Å². The molecule has 0 bridgehead atoms. The summed E-state index contributed by atoms with van der Waals surface area (Å²) in [6.07, 6.45) is 0. The van der Waals surface area contributed by atoms with E-state index >= 15 is 0 Å². The Bertz CT molecular complexity index is 557. The number of pyridine rings is 1. The van der Waals surface area contributed by atoms with Crippen LogP contribution in [-0.4, -0.2) is 17.5 Å². The van der Waals surface area contributed by atoms with Gasteiger partial charge in [-0.3, -0.25) is 9.63 Å². The molecule has 5 heteroatoms. The van der Waals surface area contributed by atoms with Gasteiger partial charge < -0.3 is 0 Å². The molecular weight excluding hydrogens is 240 g/mol. The van der Waals surface area contributed by atoms with Crippen molar-refractivity contribution in [1.29, 1.82) is 0 Å². The van der Waals surface area contributed by atoms with Crippen LogP contribution < -0.4 is 5.48 Å². The van der Waals surface area contributed by atoms with Gasteiger partial charge in [0.1, 0.15) is 5.15 Å². The van der Waals surface area contributed by atoms with Crippen LogP contribution in [0, 0.1) is 0 Å². The Morgan fingerprint density at radius 2 is 2.24 bits per heavy atom. The van der Waals surface area contributed by atoms with Crippen molar-refractivity contribution in [1.82, 2.24) is 10.5 Å². The van der Waals surface area contributed by atoms with Crippen LogP contribution >= 0.6 is 11.6 Å². The lowest BCUT2D eigenvalue weighted by atomic mass is 10.1. The van der Waals surface area contributed by atoms with E-state index < -0.39 is 0 Å². The van der Waals surface area contributed by atoms with Gasteiger partial charge in [-0.2, -0.15) is 0 Å². The number of para-hydroxylation sites is 1. The monoisotopic (exact) mass is 250 g/mol. The van der Waals surface area contributed by atoms with Crippen molar-refractivity contribution in [2.24, 2.45) is 0 Å². The molecular formula is C12H11ClN2O2. The fourth-order valence-corrected chi connectivity index (χ4v) is 1.72. The van der Waals surface area contributed by atoms with Gasteiger partial charge in [-0.25, -0.2) is 10.5 Å². The van der Waals surface area contributed by atoms with E-state index in [1.165, 1.54) is 6.07 Å². The number of carbonyl (C=O) groups is 1. The van der Waals surface area contributed by atoms with Gasteiger partial charge in [0.2, 0.25) is 0 Å². The summed E-state index contributed by atoms with van der Waals surface area (Å²) in [6.45, 7) is 2.19. The van der Waals surface area contributed by atoms with E-state index in [9.17, 15) is 4.79 Å². The van der Waals surface area contributed by atoms with Gasteiger partial charge in [-0.1, -0.05) is 29.8 Å². The maximum atomic E-state index is 11.8. The number of fused-ring (bicyclic) bond motifs is 1. The zero-order valence-corrected chi connectivity index (χ0v) is 9.99. The van der Waals surface area contributed by atoms with E-state index in [4.69, 9.17) is 16.4 Å². The molecule has 0 saturated carbocycles. The number of amides is 1. The van der Waals surface area contributed by atoms with E-state index in [2.05, 4.69) is 10.5 Å². The summed E-state index contributed by atoms with van der Waals surface area (Å²) >= 11 is 5.87. The highest BCUT2D eigenvalue weighted by Gasteiger charge is 2.11. The molecule has 0 aliphatic heterocycles. The highest BCUT2D eigenvalue weighted by atomic mass is 35.5. The van der Waals surface area contributed by atoms with E-state index in [0.717, 1.165) is 5.39 Å². The van der Waals surface area contributed by atoms with Crippen LogP contribution in [-0.2, 0) is 4.84 Å². The minimum atomic E-state index is -0.327. The van der Waals surface area contributed by atoms with E-state index in [-0.39, 0.29) is 11.1 Å². The quantitative estimate of drug-likeness (QED) is 0.673. The maximum absolute atomic E-state index is 11.8. The molecule has 0 radical (unpaired) electrons.